The Hall–Kier alpha value is -1.36. The van der Waals surface area contributed by atoms with Gasteiger partial charge in [0.05, 0.1) is 0 Å². The number of aromatic nitrogens is 1. The Morgan fingerprint density at radius 1 is 1.22 bits per heavy atom. The van der Waals surface area contributed by atoms with E-state index in [-0.39, 0.29) is 0 Å². The van der Waals surface area contributed by atoms with Crippen LogP contribution in [0.5, 0.6) is 0 Å². The van der Waals surface area contributed by atoms with E-state index in [4.69, 9.17) is 0 Å². The monoisotopic (exact) mass is 259 g/mol. The Labute approximate surface area is 112 Å². The van der Waals surface area contributed by atoms with E-state index in [0.717, 1.165) is 19.6 Å². The van der Waals surface area contributed by atoms with Gasteiger partial charge in [-0.1, -0.05) is 12.1 Å². The molecule has 0 fully saturated rings. The first-order valence-electron chi connectivity index (χ1n) is 5.95. The van der Waals surface area contributed by atoms with Gasteiger partial charge in [-0.3, -0.25) is 9.71 Å². The zero-order chi connectivity index (χ0) is 12.6. The van der Waals surface area contributed by atoms with Crippen LogP contribution < -0.4 is 10.0 Å². The van der Waals surface area contributed by atoms with E-state index in [0.29, 0.717) is 0 Å². The van der Waals surface area contributed by atoms with Crippen molar-refractivity contribution in [1.29, 1.82) is 0 Å². The third-order valence-electron chi connectivity index (χ3n) is 2.49. The summed E-state index contributed by atoms with van der Waals surface area (Å²) in [4.78, 5) is 5.33. The molecule has 0 saturated carbocycles. The van der Waals surface area contributed by atoms with Gasteiger partial charge in [0.2, 0.25) is 0 Å². The molecule has 3 nitrogen and oxygen atoms in total. The lowest BCUT2D eigenvalue weighted by Crippen LogP contribution is -2.23. The average Bonchev–Trinajstić information content (AvgIpc) is 2.42. The molecule has 0 radical (unpaired) electrons. The summed E-state index contributed by atoms with van der Waals surface area (Å²) in [5.41, 5.74) is 0. The van der Waals surface area contributed by atoms with Crippen molar-refractivity contribution in [3.05, 3.63) is 49.3 Å². The highest BCUT2D eigenvalue weighted by atomic mass is 32.2. The van der Waals surface area contributed by atoms with Crippen molar-refractivity contribution in [2.24, 2.45) is 0 Å². The molecule has 1 aromatic heterocycles. The second-order valence-corrected chi connectivity index (χ2v) is 4.84. The molecule has 0 aliphatic carbocycles. The fraction of sp³-hybridized carbons (Fsp3) is 0.214. The van der Waals surface area contributed by atoms with Gasteiger partial charge < -0.3 is 5.32 Å². The van der Waals surface area contributed by atoms with Crippen molar-refractivity contribution >= 4 is 22.7 Å². The van der Waals surface area contributed by atoms with Gasteiger partial charge in [-0.15, -0.1) is 6.58 Å². The lowest BCUT2D eigenvalue weighted by Gasteiger charge is -2.05. The smallest absolute Gasteiger partial charge is 0.0346 e. The minimum atomic E-state index is 0.856. The minimum Gasteiger partial charge on any atom is -0.312 e. The maximum absolute atomic E-state index is 4.11. The van der Waals surface area contributed by atoms with Crippen LogP contribution >= 0.6 is 11.9 Å². The van der Waals surface area contributed by atoms with Gasteiger partial charge >= 0.3 is 0 Å². The van der Waals surface area contributed by atoms with Crippen molar-refractivity contribution in [2.75, 3.05) is 19.6 Å². The number of pyridine rings is 1. The summed E-state index contributed by atoms with van der Waals surface area (Å²) in [5.74, 6) is 0. The number of rotatable bonds is 7. The third kappa shape index (κ3) is 3.84. The minimum absolute atomic E-state index is 0.856. The zero-order valence-corrected chi connectivity index (χ0v) is 11.0. The summed E-state index contributed by atoms with van der Waals surface area (Å²) >= 11 is 1.66. The highest BCUT2D eigenvalue weighted by Gasteiger charge is 1.96. The summed E-state index contributed by atoms with van der Waals surface area (Å²) < 4.78 is 3.33. The summed E-state index contributed by atoms with van der Waals surface area (Å²) in [7, 11) is 0. The van der Waals surface area contributed by atoms with Gasteiger partial charge in [0.15, 0.2) is 0 Å². The van der Waals surface area contributed by atoms with Crippen LogP contribution in [0.25, 0.3) is 10.8 Å². The van der Waals surface area contributed by atoms with Crippen molar-refractivity contribution in [1.82, 2.24) is 15.0 Å². The molecule has 0 amide bonds. The first kappa shape index (κ1) is 13.1. The van der Waals surface area contributed by atoms with Crippen LogP contribution in [-0.4, -0.2) is 24.6 Å². The summed E-state index contributed by atoms with van der Waals surface area (Å²) in [6, 6.07) is 8.41. The molecule has 1 heterocycles. The van der Waals surface area contributed by atoms with Crippen LogP contribution in [0.3, 0.4) is 0 Å². The van der Waals surface area contributed by atoms with Crippen LogP contribution in [0.15, 0.2) is 54.2 Å². The van der Waals surface area contributed by atoms with E-state index in [1.165, 1.54) is 15.7 Å². The number of benzene rings is 1. The highest BCUT2D eigenvalue weighted by Crippen LogP contribution is 2.20. The maximum Gasteiger partial charge on any atom is 0.0346 e. The first-order valence-corrected chi connectivity index (χ1v) is 6.77. The zero-order valence-electron chi connectivity index (χ0n) is 10.2. The molecule has 2 aromatic rings. The van der Waals surface area contributed by atoms with Crippen LogP contribution in [0.1, 0.15) is 0 Å². The predicted molar refractivity (Wildman–Crippen MR) is 78.7 cm³/mol. The third-order valence-corrected chi connectivity index (χ3v) is 3.33. The van der Waals surface area contributed by atoms with E-state index in [9.17, 15) is 0 Å². The Morgan fingerprint density at radius 2 is 2.17 bits per heavy atom. The second-order valence-electron chi connectivity index (χ2n) is 3.87. The SMILES string of the molecule is C=CCNCCNSc1ccc2cnccc2c1. The van der Waals surface area contributed by atoms with E-state index in [1.807, 2.05) is 24.5 Å². The average molecular weight is 259 g/mol. The summed E-state index contributed by atoms with van der Waals surface area (Å²) in [6.07, 6.45) is 5.57. The van der Waals surface area contributed by atoms with Gasteiger partial charge in [-0.2, -0.15) is 0 Å². The van der Waals surface area contributed by atoms with E-state index in [2.05, 4.69) is 39.8 Å². The largest absolute Gasteiger partial charge is 0.312 e. The molecule has 1 aromatic carbocycles. The number of fused-ring (bicyclic) bond motifs is 1. The Kier molecular flexibility index (Phi) is 5.20. The normalized spacial score (nSPS) is 10.7. The number of nitrogens with zero attached hydrogens (tertiary/aromatic N) is 1. The summed E-state index contributed by atoms with van der Waals surface area (Å²) in [6.45, 7) is 6.38. The fourth-order valence-corrected chi connectivity index (χ4v) is 2.30. The van der Waals surface area contributed by atoms with E-state index >= 15 is 0 Å². The molecule has 0 aliphatic heterocycles. The second kappa shape index (κ2) is 7.16. The number of nitrogens with one attached hydrogen (secondary N) is 2. The van der Waals surface area contributed by atoms with Gasteiger partial charge in [0, 0.05) is 42.3 Å². The Balaban J connectivity index is 1.82. The molecule has 0 bridgehead atoms. The molecule has 0 saturated heterocycles. The summed E-state index contributed by atoms with van der Waals surface area (Å²) in [5, 5.41) is 5.65. The molecule has 94 valence electrons. The van der Waals surface area contributed by atoms with Crippen molar-refractivity contribution < 1.29 is 0 Å². The van der Waals surface area contributed by atoms with Gasteiger partial charge in [0.25, 0.3) is 0 Å². The van der Waals surface area contributed by atoms with Crippen LogP contribution in [0.2, 0.25) is 0 Å². The maximum atomic E-state index is 4.11. The molecule has 0 unspecified atom stereocenters. The lowest BCUT2D eigenvalue weighted by atomic mass is 10.2. The number of hydrogen-bond acceptors (Lipinski definition) is 4. The van der Waals surface area contributed by atoms with E-state index < -0.39 is 0 Å². The quantitative estimate of drug-likeness (QED) is 0.455. The van der Waals surface area contributed by atoms with Crippen molar-refractivity contribution in [3.8, 4) is 0 Å². The fourth-order valence-electron chi connectivity index (χ4n) is 1.60. The van der Waals surface area contributed by atoms with Gasteiger partial charge in [-0.25, -0.2) is 0 Å². The molecule has 2 rings (SSSR count). The molecule has 0 atom stereocenters. The first-order chi connectivity index (χ1) is 8.90. The van der Waals surface area contributed by atoms with Gasteiger partial charge in [-0.05, 0) is 35.5 Å². The highest BCUT2D eigenvalue weighted by molar-refractivity contribution is 7.97. The lowest BCUT2D eigenvalue weighted by molar-refractivity contribution is 0.735. The molecular weight excluding hydrogens is 242 g/mol. The molecule has 18 heavy (non-hydrogen) atoms. The topological polar surface area (TPSA) is 37.0 Å². The molecule has 0 spiro atoms. The predicted octanol–water partition coefficient (Wildman–Crippen LogP) is 2.61. The van der Waals surface area contributed by atoms with Crippen LogP contribution in [-0.2, 0) is 0 Å². The van der Waals surface area contributed by atoms with Crippen molar-refractivity contribution in [3.63, 3.8) is 0 Å². The molecule has 4 heteroatoms. The van der Waals surface area contributed by atoms with E-state index in [1.54, 1.807) is 11.9 Å². The van der Waals surface area contributed by atoms with Crippen LogP contribution in [0.4, 0.5) is 0 Å². The van der Waals surface area contributed by atoms with Gasteiger partial charge in [0.1, 0.15) is 0 Å². The molecular formula is C14H17N3S. The Bertz CT molecular complexity index is 513. The standard InChI is InChI=1S/C14H17N3S/c1-2-6-15-8-9-17-18-14-4-3-13-11-16-7-5-12(13)10-14/h2-5,7,10-11,15,17H,1,6,8-9H2. The van der Waals surface area contributed by atoms with Crippen molar-refractivity contribution in [2.45, 2.75) is 4.90 Å². The Morgan fingerprint density at radius 3 is 3.06 bits per heavy atom. The number of hydrogen-bond donors (Lipinski definition) is 2. The molecule has 0 aliphatic rings. The molecule has 2 N–H and O–H groups in total. The van der Waals surface area contributed by atoms with Crippen LogP contribution in [0, 0.1) is 0 Å².